The third-order valence-corrected chi connectivity index (χ3v) is 4.90. The second kappa shape index (κ2) is 9.69. The molecule has 0 fully saturated rings. The number of nitro benzene ring substituents is 1. The van der Waals surface area contributed by atoms with Crippen molar-refractivity contribution >= 4 is 44.7 Å². The van der Waals surface area contributed by atoms with Gasteiger partial charge in [0.15, 0.2) is 6.10 Å². The molecule has 0 amide bonds. The highest BCUT2D eigenvalue weighted by molar-refractivity contribution is 9.10. The van der Waals surface area contributed by atoms with Crippen LogP contribution in [-0.2, 0) is 9.53 Å². The van der Waals surface area contributed by atoms with Gasteiger partial charge in [-0.2, -0.15) is 9.78 Å². The van der Waals surface area contributed by atoms with Crippen molar-refractivity contribution in [3.05, 3.63) is 72.7 Å². The Labute approximate surface area is 190 Å². The highest BCUT2D eigenvalue weighted by Gasteiger charge is 2.19. The van der Waals surface area contributed by atoms with Crippen molar-refractivity contribution in [1.29, 1.82) is 0 Å². The van der Waals surface area contributed by atoms with Gasteiger partial charge in [-0.25, -0.2) is 9.78 Å². The van der Waals surface area contributed by atoms with Crippen molar-refractivity contribution in [3.8, 4) is 5.75 Å². The standard InChI is InChI=1S/C21H19BrN4O6/c1-4-31-21(28)12(2)32-19-8-6-16(26(29)30)9-14(19)11-23-25-13(3)24-18-7-5-15(22)10-17(18)20(25)27/h5-12H,4H2,1-3H3/t12-/m0/s1. The Kier molecular flexibility index (Phi) is 6.98. The molecule has 0 saturated heterocycles. The van der Waals surface area contributed by atoms with E-state index < -0.39 is 22.6 Å². The van der Waals surface area contributed by atoms with Crippen LogP contribution in [0.25, 0.3) is 10.9 Å². The zero-order valence-corrected chi connectivity index (χ0v) is 19.0. The van der Waals surface area contributed by atoms with Crippen molar-refractivity contribution in [2.24, 2.45) is 5.10 Å². The van der Waals surface area contributed by atoms with Crippen LogP contribution in [0.15, 0.2) is 50.8 Å². The number of rotatable bonds is 7. The van der Waals surface area contributed by atoms with Crippen LogP contribution >= 0.6 is 15.9 Å². The summed E-state index contributed by atoms with van der Waals surface area (Å²) in [5, 5.41) is 15.8. The highest BCUT2D eigenvalue weighted by atomic mass is 79.9. The van der Waals surface area contributed by atoms with E-state index in [1.807, 2.05) is 0 Å². The van der Waals surface area contributed by atoms with E-state index in [9.17, 15) is 19.7 Å². The summed E-state index contributed by atoms with van der Waals surface area (Å²) in [4.78, 5) is 39.8. The summed E-state index contributed by atoms with van der Waals surface area (Å²) in [6.45, 7) is 4.98. The van der Waals surface area contributed by atoms with Crippen LogP contribution in [0.4, 0.5) is 5.69 Å². The monoisotopic (exact) mass is 502 g/mol. The summed E-state index contributed by atoms with van der Waals surface area (Å²) in [6, 6.07) is 8.98. The van der Waals surface area contributed by atoms with Gasteiger partial charge in [-0.1, -0.05) is 15.9 Å². The number of aryl methyl sites for hydroxylation is 1. The number of halogens is 1. The molecule has 3 aromatic rings. The first-order chi connectivity index (χ1) is 15.2. The fourth-order valence-corrected chi connectivity index (χ4v) is 3.23. The van der Waals surface area contributed by atoms with Gasteiger partial charge >= 0.3 is 5.97 Å². The van der Waals surface area contributed by atoms with Gasteiger partial charge in [0.25, 0.3) is 11.2 Å². The van der Waals surface area contributed by atoms with Gasteiger partial charge in [-0.3, -0.25) is 14.9 Å². The summed E-state index contributed by atoms with van der Waals surface area (Å²) in [7, 11) is 0. The maximum atomic E-state index is 12.9. The molecule has 0 spiro atoms. The van der Waals surface area contributed by atoms with Crippen LogP contribution in [0, 0.1) is 17.0 Å². The zero-order chi connectivity index (χ0) is 23.4. The number of esters is 1. The second-order valence-electron chi connectivity index (χ2n) is 6.67. The Morgan fingerprint density at radius 1 is 1.34 bits per heavy atom. The number of non-ortho nitro benzene ring substituents is 1. The fourth-order valence-electron chi connectivity index (χ4n) is 2.87. The van der Waals surface area contributed by atoms with Gasteiger partial charge in [0.2, 0.25) is 0 Å². The molecule has 0 N–H and O–H groups in total. The Bertz CT molecular complexity index is 1290. The van der Waals surface area contributed by atoms with Gasteiger partial charge in [-0.05, 0) is 45.0 Å². The zero-order valence-electron chi connectivity index (χ0n) is 17.4. The van der Waals surface area contributed by atoms with Crippen LogP contribution in [0.1, 0.15) is 25.2 Å². The molecule has 166 valence electrons. The molecule has 1 aromatic heterocycles. The molecular formula is C21H19BrN4O6. The number of carbonyl (C=O) groups excluding carboxylic acids is 1. The van der Waals surface area contributed by atoms with Crippen LogP contribution in [0.5, 0.6) is 5.75 Å². The Morgan fingerprint density at radius 2 is 2.09 bits per heavy atom. The molecule has 0 unspecified atom stereocenters. The van der Waals surface area contributed by atoms with E-state index in [-0.39, 0.29) is 23.6 Å². The molecule has 1 atom stereocenters. The molecule has 0 bridgehead atoms. The van der Waals surface area contributed by atoms with Crippen molar-refractivity contribution < 1.29 is 19.2 Å². The third kappa shape index (κ3) is 4.99. The first-order valence-corrected chi connectivity index (χ1v) is 10.4. The lowest BCUT2D eigenvalue weighted by Crippen LogP contribution is -2.26. The number of hydrogen-bond donors (Lipinski definition) is 0. The molecule has 0 aliphatic rings. The first kappa shape index (κ1) is 23.1. The van der Waals surface area contributed by atoms with Gasteiger partial charge in [0.05, 0.1) is 28.6 Å². The lowest BCUT2D eigenvalue weighted by molar-refractivity contribution is -0.384. The number of nitro groups is 1. The Morgan fingerprint density at radius 3 is 2.78 bits per heavy atom. The van der Waals surface area contributed by atoms with Crippen LogP contribution in [0.3, 0.4) is 0 Å². The quantitative estimate of drug-likeness (QED) is 0.209. The SMILES string of the molecule is CCOC(=O)[C@H](C)Oc1ccc([N+](=O)[O-])cc1C=Nn1c(C)nc2ccc(Br)cc2c1=O. The number of ether oxygens (including phenoxy) is 2. The minimum atomic E-state index is -0.951. The van der Waals surface area contributed by atoms with Crippen molar-refractivity contribution in [1.82, 2.24) is 9.66 Å². The maximum Gasteiger partial charge on any atom is 0.347 e. The van der Waals surface area contributed by atoms with Gasteiger partial charge in [-0.15, -0.1) is 0 Å². The molecule has 0 radical (unpaired) electrons. The van der Waals surface area contributed by atoms with E-state index in [1.165, 1.54) is 31.3 Å². The van der Waals surface area contributed by atoms with Crippen molar-refractivity contribution in [2.75, 3.05) is 6.61 Å². The molecule has 32 heavy (non-hydrogen) atoms. The van der Waals surface area contributed by atoms with E-state index in [1.54, 1.807) is 32.0 Å². The fraction of sp³-hybridized carbons (Fsp3) is 0.238. The molecule has 0 saturated carbocycles. The normalized spacial score (nSPS) is 12.1. The van der Waals surface area contributed by atoms with Crippen LogP contribution < -0.4 is 10.3 Å². The molecule has 0 aliphatic heterocycles. The number of fused-ring (bicyclic) bond motifs is 1. The number of carbonyl (C=O) groups is 1. The van der Waals surface area contributed by atoms with Crippen LogP contribution in [0.2, 0.25) is 0 Å². The molecule has 11 heteroatoms. The maximum absolute atomic E-state index is 12.9. The van der Waals surface area contributed by atoms with Crippen LogP contribution in [-0.4, -0.2) is 39.5 Å². The predicted molar refractivity (Wildman–Crippen MR) is 121 cm³/mol. The lowest BCUT2D eigenvalue weighted by Gasteiger charge is -2.15. The largest absolute Gasteiger partial charge is 0.478 e. The number of aromatic nitrogens is 2. The lowest BCUT2D eigenvalue weighted by atomic mass is 10.2. The van der Waals surface area contributed by atoms with E-state index >= 15 is 0 Å². The molecule has 0 aliphatic carbocycles. The molecule has 3 rings (SSSR count). The summed E-state index contributed by atoms with van der Waals surface area (Å²) in [6.07, 6.45) is 0.299. The third-order valence-electron chi connectivity index (χ3n) is 4.41. The average Bonchev–Trinajstić information content (AvgIpc) is 2.75. The average molecular weight is 503 g/mol. The van der Waals surface area contributed by atoms with Gasteiger partial charge < -0.3 is 9.47 Å². The highest BCUT2D eigenvalue weighted by Crippen LogP contribution is 2.24. The smallest absolute Gasteiger partial charge is 0.347 e. The molecular weight excluding hydrogens is 484 g/mol. The molecule has 10 nitrogen and oxygen atoms in total. The second-order valence-corrected chi connectivity index (χ2v) is 7.59. The minimum absolute atomic E-state index is 0.169. The Balaban J connectivity index is 2.05. The minimum Gasteiger partial charge on any atom is -0.478 e. The van der Waals surface area contributed by atoms with Gasteiger partial charge in [0.1, 0.15) is 11.6 Å². The number of benzene rings is 2. The number of hydrogen-bond acceptors (Lipinski definition) is 8. The number of nitrogens with zero attached hydrogens (tertiary/aromatic N) is 4. The van der Waals surface area contributed by atoms with Crippen molar-refractivity contribution in [2.45, 2.75) is 26.9 Å². The summed E-state index contributed by atoms with van der Waals surface area (Å²) in [5.41, 5.74) is 0.117. The Hall–Kier alpha value is -3.60. The molecule has 2 aromatic carbocycles. The van der Waals surface area contributed by atoms with Gasteiger partial charge in [0, 0.05) is 22.2 Å². The summed E-state index contributed by atoms with van der Waals surface area (Å²) >= 11 is 3.33. The van der Waals surface area contributed by atoms with E-state index in [0.717, 1.165) is 4.68 Å². The molecule has 1 heterocycles. The summed E-state index contributed by atoms with van der Waals surface area (Å²) in [5.74, 6) is -0.0823. The van der Waals surface area contributed by atoms with E-state index in [2.05, 4.69) is 26.0 Å². The summed E-state index contributed by atoms with van der Waals surface area (Å²) < 4.78 is 12.4. The first-order valence-electron chi connectivity index (χ1n) is 9.56. The van der Waals surface area contributed by atoms with Crippen molar-refractivity contribution in [3.63, 3.8) is 0 Å². The van der Waals surface area contributed by atoms with E-state index in [4.69, 9.17) is 9.47 Å². The predicted octanol–water partition coefficient (Wildman–Crippen LogP) is 3.59. The topological polar surface area (TPSA) is 126 Å². The van der Waals surface area contributed by atoms with E-state index in [0.29, 0.717) is 21.2 Å².